The minimum absolute atomic E-state index is 0.103. The molecule has 0 unspecified atom stereocenters. The summed E-state index contributed by atoms with van der Waals surface area (Å²) < 4.78 is 0. The van der Waals surface area contributed by atoms with Crippen LogP contribution in [-0.2, 0) is 22.6 Å². The lowest BCUT2D eigenvalue weighted by Crippen LogP contribution is -2.51. The van der Waals surface area contributed by atoms with E-state index in [-0.39, 0.29) is 30.8 Å². The molecule has 1 N–H and O–H groups in total. The molecule has 2 amide bonds. The fourth-order valence-electron chi connectivity index (χ4n) is 4.22. The van der Waals surface area contributed by atoms with Crippen LogP contribution >= 0.6 is 46.4 Å². The predicted molar refractivity (Wildman–Crippen MR) is 136 cm³/mol. The van der Waals surface area contributed by atoms with E-state index in [2.05, 4.69) is 5.32 Å². The first kappa shape index (κ1) is 26.2. The fraction of sp³-hybridized carbons (Fsp3) is 0.440. The topological polar surface area (TPSA) is 49.4 Å². The van der Waals surface area contributed by atoms with Crippen LogP contribution in [-0.4, -0.2) is 28.8 Å². The van der Waals surface area contributed by atoms with Gasteiger partial charge in [-0.05, 0) is 54.7 Å². The van der Waals surface area contributed by atoms with Crippen molar-refractivity contribution in [2.45, 2.75) is 70.5 Å². The molecule has 1 atom stereocenters. The summed E-state index contributed by atoms with van der Waals surface area (Å²) in [7, 11) is 0. The van der Waals surface area contributed by atoms with E-state index in [9.17, 15) is 9.59 Å². The van der Waals surface area contributed by atoms with Gasteiger partial charge in [0, 0.05) is 12.6 Å². The molecular weight excluding hydrogens is 502 g/mol. The Labute approximate surface area is 215 Å². The number of carbonyl (C=O) groups excluding carboxylic acids is 2. The van der Waals surface area contributed by atoms with Gasteiger partial charge in [-0.3, -0.25) is 9.59 Å². The molecule has 0 aromatic heterocycles. The van der Waals surface area contributed by atoms with Crippen LogP contribution in [0.1, 0.15) is 56.6 Å². The molecule has 8 heteroatoms. The van der Waals surface area contributed by atoms with E-state index < -0.39 is 6.04 Å². The van der Waals surface area contributed by atoms with Crippen LogP contribution in [0.3, 0.4) is 0 Å². The predicted octanol–water partition coefficient (Wildman–Crippen LogP) is 7.10. The first-order chi connectivity index (χ1) is 15.8. The molecule has 1 fully saturated rings. The highest BCUT2D eigenvalue weighted by Gasteiger charge is 2.30. The number of nitrogens with zero attached hydrogens (tertiary/aromatic N) is 1. The number of amides is 2. The van der Waals surface area contributed by atoms with Crippen LogP contribution in [0.15, 0.2) is 36.4 Å². The molecule has 1 saturated carbocycles. The maximum atomic E-state index is 13.5. The van der Waals surface area contributed by atoms with Gasteiger partial charge in [-0.25, -0.2) is 0 Å². The van der Waals surface area contributed by atoms with E-state index in [4.69, 9.17) is 46.4 Å². The van der Waals surface area contributed by atoms with Gasteiger partial charge in [-0.15, -0.1) is 0 Å². The molecule has 3 rings (SSSR count). The molecule has 0 saturated heterocycles. The zero-order valence-electron chi connectivity index (χ0n) is 18.6. The lowest BCUT2D eigenvalue weighted by Gasteiger charge is -2.33. The first-order valence-electron chi connectivity index (χ1n) is 11.3. The van der Waals surface area contributed by atoms with Crippen molar-refractivity contribution in [2.24, 2.45) is 0 Å². The second-order valence-corrected chi connectivity index (χ2v) is 10.1. The largest absolute Gasteiger partial charge is 0.352 e. The summed E-state index contributed by atoms with van der Waals surface area (Å²) in [5.41, 5.74) is 1.53. The minimum atomic E-state index is -0.600. The number of carbonyl (C=O) groups is 2. The lowest BCUT2D eigenvalue weighted by molar-refractivity contribution is -0.141. The standard InChI is InChI=1S/C25H28Cl4N2O2/c1-2-23(25(33)30-18-6-4-3-5-7-18)31(15-17-9-11-20(27)22(29)13-17)24(32)14-16-8-10-19(26)21(28)12-16/h8-13,18,23H,2-7,14-15H2,1H3,(H,30,33)/t23-/m1/s1. The van der Waals surface area contributed by atoms with Crippen molar-refractivity contribution in [3.63, 3.8) is 0 Å². The van der Waals surface area contributed by atoms with Crippen molar-refractivity contribution in [1.29, 1.82) is 0 Å². The fourth-order valence-corrected chi connectivity index (χ4v) is 4.87. The van der Waals surface area contributed by atoms with Crippen molar-refractivity contribution < 1.29 is 9.59 Å². The summed E-state index contributed by atoms with van der Waals surface area (Å²) in [5.74, 6) is -0.294. The van der Waals surface area contributed by atoms with Crippen molar-refractivity contribution in [3.05, 3.63) is 67.6 Å². The molecule has 1 aliphatic rings. The summed E-state index contributed by atoms with van der Waals surface area (Å²) in [6, 6.07) is 9.93. The third kappa shape index (κ3) is 7.26. The van der Waals surface area contributed by atoms with Crippen molar-refractivity contribution in [1.82, 2.24) is 10.2 Å². The Bertz CT molecular complexity index is 992. The van der Waals surface area contributed by atoms with Gasteiger partial charge in [0.25, 0.3) is 0 Å². The Morgan fingerprint density at radius 1 is 0.909 bits per heavy atom. The molecule has 0 aliphatic heterocycles. The second-order valence-electron chi connectivity index (χ2n) is 8.46. The number of rotatable bonds is 8. The lowest BCUT2D eigenvalue weighted by atomic mass is 9.95. The van der Waals surface area contributed by atoms with Gasteiger partial charge in [0.15, 0.2) is 0 Å². The number of hydrogen-bond donors (Lipinski definition) is 1. The van der Waals surface area contributed by atoms with E-state index in [1.54, 1.807) is 35.2 Å². The third-order valence-electron chi connectivity index (χ3n) is 6.01. The van der Waals surface area contributed by atoms with Crippen LogP contribution in [0.5, 0.6) is 0 Å². The molecule has 0 radical (unpaired) electrons. The van der Waals surface area contributed by atoms with E-state index in [0.29, 0.717) is 26.5 Å². The van der Waals surface area contributed by atoms with Crippen LogP contribution in [0.2, 0.25) is 20.1 Å². The summed E-state index contributed by atoms with van der Waals surface area (Å²) in [6.07, 6.45) is 5.99. The Balaban J connectivity index is 1.84. The number of hydrogen-bond acceptors (Lipinski definition) is 2. The highest BCUT2D eigenvalue weighted by Crippen LogP contribution is 2.26. The van der Waals surface area contributed by atoms with E-state index >= 15 is 0 Å². The van der Waals surface area contributed by atoms with Crippen LogP contribution in [0, 0.1) is 0 Å². The monoisotopic (exact) mass is 528 g/mol. The third-order valence-corrected chi connectivity index (χ3v) is 7.49. The van der Waals surface area contributed by atoms with Gasteiger partial charge in [-0.2, -0.15) is 0 Å². The molecular formula is C25H28Cl4N2O2. The van der Waals surface area contributed by atoms with Gasteiger partial charge in [0.1, 0.15) is 6.04 Å². The smallest absolute Gasteiger partial charge is 0.243 e. The van der Waals surface area contributed by atoms with Gasteiger partial charge in [-0.1, -0.05) is 84.7 Å². The quantitative estimate of drug-likeness (QED) is 0.396. The summed E-state index contributed by atoms with van der Waals surface area (Å²) in [6.45, 7) is 2.16. The SMILES string of the molecule is CC[C@H](C(=O)NC1CCCCC1)N(Cc1ccc(Cl)c(Cl)c1)C(=O)Cc1ccc(Cl)c(Cl)c1. The normalized spacial score (nSPS) is 15.2. The summed E-state index contributed by atoms with van der Waals surface area (Å²) in [4.78, 5) is 28.4. The Morgan fingerprint density at radius 3 is 2.06 bits per heavy atom. The van der Waals surface area contributed by atoms with Crippen molar-refractivity contribution in [3.8, 4) is 0 Å². The van der Waals surface area contributed by atoms with E-state index in [1.807, 2.05) is 13.0 Å². The van der Waals surface area contributed by atoms with Gasteiger partial charge in [0.05, 0.1) is 26.5 Å². The maximum absolute atomic E-state index is 13.5. The second kappa shape index (κ2) is 12.3. The molecule has 0 spiro atoms. The molecule has 0 heterocycles. The zero-order chi connectivity index (χ0) is 24.0. The van der Waals surface area contributed by atoms with Crippen LogP contribution < -0.4 is 5.32 Å². The van der Waals surface area contributed by atoms with Gasteiger partial charge in [0.2, 0.25) is 11.8 Å². The molecule has 1 aliphatic carbocycles. The van der Waals surface area contributed by atoms with Gasteiger partial charge < -0.3 is 10.2 Å². The maximum Gasteiger partial charge on any atom is 0.243 e. The number of nitrogens with one attached hydrogen (secondary N) is 1. The van der Waals surface area contributed by atoms with Gasteiger partial charge >= 0.3 is 0 Å². The molecule has 178 valence electrons. The zero-order valence-corrected chi connectivity index (χ0v) is 21.6. The Hall–Kier alpha value is -1.46. The molecule has 0 bridgehead atoms. The van der Waals surface area contributed by atoms with E-state index in [1.165, 1.54) is 6.42 Å². The van der Waals surface area contributed by atoms with Crippen molar-refractivity contribution in [2.75, 3.05) is 0 Å². The number of halogens is 4. The average Bonchev–Trinajstić information content (AvgIpc) is 2.79. The highest BCUT2D eigenvalue weighted by atomic mass is 35.5. The minimum Gasteiger partial charge on any atom is -0.352 e. The van der Waals surface area contributed by atoms with E-state index in [0.717, 1.165) is 36.8 Å². The average molecular weight is 530 g/mol. The number of benzene rings is 2. The van der Waals surface area contributed by atoms with Crippen LogP contribution in [0.4, 0.5) is 0 Å². The molecule has 33 heavy (non-hydrogen) atoms. The van der Waals surface area contributed by atoms with Crippen LogP contribution in [0.25, 0.3) is 0 Å². The Morgan fingerprint density at radius 2 is 1.48 bits per heavy atom. The molecule has 2 aromatic rings. The van der Waals surface area contributed by atoms with Crippen molar-refractivity contribution >= 4 is 58.2 Å². The highest BCUT2D eigenvalue weighted by molar-refractivity contribution is 6.42. The Kier molecular flexibility index (Phi) is 9.75. The molecule has 2 aromatic carbocycles. The molecule has 4 nitrogen and oxygen atoms in total. The summed E-state index contributed by atoms with van der Waals surface area (Å²) >= 11 is 24.4. The summed E-state index contributed by atoms with van der Waals surface area (Å²) in [5, 5.41) is 4.84. The first-order valence-corrected chi connectivity index (χ1v) is 12.8.